The standard InChI is InChI=1S/C7H14F2N2O2S/c1-6-5-10-3-2-4-11(6)14(12,13)7(8)9/h6-7,10H,2-5H2,1H3. The fraction of sp³-hybridized carbons (Fsp3) is 1.00. The molecule has 7 heteroatoms. The smallest absolute Gasteiger partial charge is 0.315 e. The highest BCUT2D eigenvalue weighted by Gasteiger charge is 2.35. The first-order valence-corrected chi connectivity index (χ1v) is 5.96. The number of nitrogens with one attached hydrogen (secondary N) is 1. The van der Waals surface area contributed by atoms with Crippen molar-refractivity contribution >= 4 is 10.0 Å². The first-order chi connectivity index (χ1) is 6.46. The zero-order valence-corrected chi connectivity index (χ0v) is 8.73. The minimum Gasteiger partial charge on any atom is -0.315 e. The second-order valence-corrected chi connectivity index (χ2v) is 5.18. The topological polar surface area (TPSA) is 49.4 Å². The average Bonchev–Trinajstić information content (AvgIpc) is 2.29. The summed E-state index contributed by atoms with van der Waals surface area (Å²) in [5, 5.41) is 2.99. The summed E-state index contributed by atoms with van der Waals surface area (Å²) in [6.45, 7) is 2.88. The van der Waals surface area contributed by atoms with Gasteiger partial charge in [-0.1, -0.05) is 0 Å². The molecule has 1 N–H and O–H groups in total. The molecule has 0 amide bonds. The number of halogens is 2. The van der Waals surface area contributed by atoms with Crippen molar-refractivity contribution in [3.63, 3.8) is 0 Å². The highest BCUT2D eigenvalue weighted by atomic mass is 32.2. The number of hydrogen-bond donors (Lipinski definition) is 1. The van der Waals surface area contributed by atoms with Crippen LogP contribution in [0.15, 0.2) is 0 Å². The summed E-state index contributed by atoms with van der Waals surface area (Å²) in [6, 6.07) is -0.406. The fourth-order valence-corrected chi connectivity index (χ4v) is 2.64. The predicted molar refractivity (Wildman–Crippen MR) is 48.6 cm³/mol. The van der Waals surface area contributed by atoms with Crippen molar-refractivity contribution in [1.82, 2.24) is 9.62 Å². The Morgan fingerprint density at radius 2 is 2.14 bits per heavy atom. The molecule has 1 fully saturated rings. The molecule has 1 aliphatic rings. The lowest BCUT2D eigenvalue weighted by atomic mass is 10.3. The quantitative estimate of drug-likeness (QED) is 0.735. The maximum atomic E-state index is 12.3. The van der Waals surface area contributed by atoms with E-state index in [0.717, 1.165) is 4.31 Å². The van der Waals surface area contributed by atoms with Gasteiger partial charge in [0.25, 0.3) is 10.0 Å². The van der Waals surface area contributed by atoms with Crippen LogP contribution < -0.4 is 5.32 Å². The van der Waals surface area contributed by atoms with Crippen LogP contribution in [0.1, 0.15) is 13.3 Å². The molecule has 0 bridgehead atoms. The van der Waals surface area contributed by atoms with Gasteiger partial charge in [0.2, 0.25) is 0 Å². The second kappa shape index (κ2) is 4.50. The highest BCUT2D eigenvalue weighted by Crippen LogP contribution is 2.16. The van der Waals surface area contributed by atoms with Crippen LogP contribution in [0.3, 0.4) is 0 Å². The van der Waals surface area contributed by atoms with E-state index in [1.165, 1.54) is 0 Å². The lowest BCUT2D eigenvalue weighted by Crippen LogP contribution is -2.44. The van der Waals surface area contributed by atoms with Crippen LogP contribution in [-0.4, -0.2) is 44.2 Å². The van der Waals surface area contributed by atoms with Gasteiger partial charge in [-0.05, 0) is 19.9 Å². The van der Waals surface area contributed by atoms with E-state index >= 15 is 0 Å². The molecule has 4 nitrogen and oxygen atoms in total. The minimum absolute atomic E-state index is 0.167. The van der Waals surface area contributed by atoms with Crippen LogP contribution in [-0.2, 0) is 10.0 Å². The maximum absolute atomic E-state index is 12.3. The molecule has 0 spiro atoms. The van der Waals surface area contributed by atoms with Crippen molar-refractivity contribution in [3.8, 4) is 0 Å². The van der Waals surface area contributed by atoms with Crippen LogP contribution in [0.5, 0.6) is 0 Å². The average molecular weight is 228 g/mol. The highest BCUT2D eigenvalue weighted by molar-refractivity contribution is 7.89. The Bertz CT molecular complexity index is 281. The van der Waals surface area contributed by atoms with Crippen molar-refractivity contribution in [2.24, 2.45) is 0 Å². The van der Waals surface area contributed by atoms with Gasteiger partial charge in [-0.15, -0.1) is 0 Å². The van der Waals surface area contributed by atoms with E-state index in [-0.39, 0.29) is 6.54 Å². The molecule has 1 aliphatic heterocycles. The van der Waals surface area contributed by atoms with Gasteiger partial charge in [-0.3, -0.25) is 0 Å². The molecule has 1 unspecified atom stereocenters. The summed E-state index contributed by atoms with van der Waals surface area (Å²) in [5.41, 5.74) is 0. The summed E-state index contributed by atoms with van der Waals surface area (Å²) in [5.74, 6) is -3.32. The van der Waals surface area contributed by atoms with Crippen LogP contribution in [0.4, 0.5) is 8.78 Å². The Morgan fingerprint density at radius 3 is 2.71 bits per heavy atom. The summed E-state index contributed by atoms with van der Waals surface area (Å²) >= 11 is 0. The largest absolute Gasteiger partial charge is 0.350 e. The second-order valence-electron chi connectivity index (χ2n) is 3.32. The van der Waals surface area contributed by atoms with Gasteiger partial charge in [-0.25, -0.2) is 8.42 Å². The van der Waals surface area contributed by atoms with Gasteiger partial charge in [0.15, 0.2) is 0 Å². The van der Waals surface area contributed by atoms with Gasteiger partial charge in [0.1, 0.15) is 0 Å². The third-order valence-corrected chi connectivity index (χ3v) is 3.86. The molecule has 14 heavy (non-hydrogen) atoms. The number of sulfonamides is 1. The van der Waals surface area contributed by atoms with Gasteiger partial charge < -0.3 is 5.32 Å². The molecule has 1 atom stereocenters. The zero-order chi connectivity index (χ0) is 10.8. The van der Waals surface area contributed by atoms with Crippen molar-refractivity contribution in [2.75, 3.05) is 19.6 Å². The molecule has 0 radical (unpaired) electrons. The lowest BCUT2D eigenvalue weighted by Gasteiger charge is -2.25. The molecule has 0 aromatic heterocycles. The van der Waals surface area contributed by atoms with Gasteiger partial charge in [0.05, 0.1) is 0 Å². The monoisotopic (exact) mass is 228 g/mol. The Labute approximate surface area is 82.3 Å². The SMILES string of the molecule is CC1CNCCCN1S(=O)(=O)C(F)F. The molecule has 1 saturated heterocycles. The molecule has 0 aromatic rings. The Balaban J connectivity index is 2.83. The fourth-order valence-electron chi connectivity index (χ4n) is 1.47. The molecular weight excluding hydrogens is 214 g/mol. The number of nitrogens with zero attached hydrogens (tertiary/aromatic N) is 1. The van der Waals surface area contributed by atoms with Crippen molar-refractivity contribution in [3.05, 3.63) is 0 Å². The number of alkyl halides is 2. The third kappa shape index (κ3) is 2.40. The molecule has 0 saturated carbocycles. The van der Waals surface area contributed by atoms with Gasteiger partial charge in [0, 0.05) is 19.1 Å². The lowest BCUT2D eigenvalue weighted by molar-refractivity contribution is 0.212. The summed E-state index contributed by atoms with van der Waals surface area (Å²) < 4.78 is 47.8. The summed E-state index contributed by atoms with van der Waals surface area (Å²) in [4.78, 5) is 0. The number of hydrogen-bond acceptors (Lipinski definition) is 3. The molecule has 1 rings (SSSR count). The Morgan fingerprint density at radius 1 is 1.50 bits per heavy atom. The number of rotatable bonds is 2. The van der Waals surface area contributed by atoms with Gasteiger partial charge in [-0.2, -0.15) is 13.1 Å². The predicted octanol–water partition coefficient (Wildman–Crippen LogP) is 0.223. The van der Waals surface area contributed by atoms with E-state index in [4.69, 9.17) is 0 Å². The van der Waals surface area contributed by atoms with Gasteiger partial charge >= 0.3 is 5.76 Å². The van der Waals surface area contributed by atoms with Crippen LogP contribution >= 0.6 is 0 Å². The normalized spacial score (nSPS) is 26.4. The van der Waals surface area contributed by atoms with Crippen molar-refractivity contribution < 1.29 is 17.2 Å². The van der Waals surface area contributed by atoms with Crippen molar-refractivity contribution in [2.45, 2.75) is 25.1 Å². The Kier molecular flexibility index (Phi) is 3.79. The van der Waals surface area contributed by atoms with Crippen LogP contribution in [0, 0.1) is 0 Å². The van der Waals surface area contributed by atoms with Crippen molar-refractivity contribution in [1.29, 1.82) is 0 Å². The minimum atomic E-state index is -4.41. The zero-order valence-electron chi connectivity index (χ0n) is 7.91. The van der Waals surface area contributed by atoms with Crippen LogP contribution in [0.25, 0.3) is 0 Å². The first kappa shape index (κ1) is 11.8. The van der Waals surface area contributed by atoms with E-state index in [1.54, 1.807) is 6.92 Å². The van der Waals surface area contributed by atoms with E-state index < -0.39 is 21.8 Å². The molecule has 84 valence electrons. The maximum Gasteiger partial charge on any atom is 0.350 e. The van der Waals surface area contributed by atoms with E-state index in [2.05, 4.69) is 5.32 Å². The third-order valence-electron chi connectivity index (χ3n) is 2.22. The van der Waals surface area contributed by atoms with E-state index in [0.29, 0.717) is 19.5 Å². The Hall–Kier alpha value is -0.270. The summed E-state index contributed by atoms with van der Waals surface area (Å²) in [7, 11) is -4.41. The first-order valence-electron chi connectivity index (χ1n) is 4.46. The van der Waals surface area contributed by atoms with E-state index in [1.807, 2.05) is 0 Å². The summed E-state index contributed by atoms with van der Waals surface area (Å²) in [6.07, 6.45) is 0.566. The molecule has 0 aliphatic carbocycles. The molecular formula is C7H14F2N2O2S. The van der Waals surface area contributed by atoms with E-state index in [9.17, 15) is 17.2 Å². The molecule has 1 heterocycles. The van der Waals surface area contributed by atoms with Crippen LogP contribution in [0.2, 0.25) is 0 Å². The molecule has 0 aromatic carbocycles.